The summed E-state index contributed by atoms with van der Waals surface area (Å²) in [6.45, 7) is 2.22. The van der Waals surface area contributed by atoms with Crippen LogP contribution in [0.25, 0.3) is 0 Å². The highest BCUT2D eigenvalue weighted by molar-refractivity contribution is 5.11. The van der Waals surface area contributed by atoms with Gasteiger partial charge in [-0.05, 0) is 32.4 Å². The first kappa shape index (κ1) is 9.52. The maximum absolute atomic E-state index is 5.12. The van der Waals surface area contributed by atoms with Gasteiger partial charge in [-0.15, -0.1) is 0 Å². The summed E-state index contributed by atoms with van der Waals surface area (Å²) in [4.78, 5) is 0. The topological polar surface area (TPSA) is 39.1 Å². The van der Waals surface area contributed by atoms with Crippen molar-refractivity contribution in [1.82, 2.24) is 15.1 Å². The molecule has 1 aliphatic rings. The van der Waals surface area contributed by atoms with Crippen LogP contribution in [0.1, 0.15) is 25.3 Å². The van der Waals surface area contributed by atoms with E-state index in [0.717, 1.165) is 25.3 Å². The first-order chi connectivity index (χ1) is 6.90. The van der Waals surface area contributed by atoms with Crippen LogP contribution in [0.3, 0.4) is 0 Å². The minimum atomic E-state index is 0.536. The van der Waals surface area contributed by atoms with Crippen LogP contribution in [0.4, 0.5) is 0 Å². The Hall–Kier alpha value is -1.03. The van der Waals surface area contributed by atoms with Crippen LogP contribution in [0.2, 0.25) is 0 Å². The molecular weight excluding hydrogens is 178 g/mol. The van der Waals surface area contributed by atoms with E-state index in [4.69, 9.17) is 4.74 Å². The lowest BCUT2D eigenvalue weighted by molar-refractivity contribution is 0.399. The predicted octanol–water partition coefficient (Wildman–Crippen LogP) is 1.21. The average molecular weight is 195 g/mol. The molecule has 1 saturated heterocycles. The molecule has 2 heterocycles. The molecule has 2 rings (SSSR count). The molecule has 4 nitrogen and oxygen atoms in total. The third-order valence-electron chi connectivity index (χ3n) is 2.73. The van der Waals surface area contributed by atoms with Gasteiger partial charge in [0.05, 0.1) is 25.5 Å². The molecule has 1 unspecified atom stereocenters. The summed E-state index contributed by atoms with van der Waals surface area (Å²) in [5.41, 5.74) is 0. The fourth-order valence-electron chi connectivity index (χ4n) is 1.89. The molecule has 0 radical (unpaired) electrons. The molecule has 0 aromatic carbocycles. The first-order valence-electron chi connectivity index (χ1n) is 5.19. The molecule has 1 aromatic rings. The van der Waals surface area contributed by atoms with Gasteiger partial charge in [0.25, 0.3) is 0 Å². The molecule has 0 amide bonds. The van der Waals surface area contributed by atoms with Gasteiger partial charge in [-0.3, -0.25) is 4.68 Å². The van der Waals surface area contributed by atoms with Gasteiger partial charge >= 0.3 is 0 Å². The summed E-state index contributed by atoms with van der Waals surface area (Å²) >= 11 is 0. The van der Waals surface area contributed by atoms with Gasteiger partial charge in [-0.25, -0.2) is 0 Å². The number of nitrogens with zero attached hydrogens (tertiary/aromatic N) is 2. The van der Waals surface area contributed by atoms with Crippen molar-refractivity contribution in [1.29, 1.82) is 0 Å². The quantitative estimate of drug-likeness (QED) is 0.771. The summed E-state index contributed by atoms with van der Waals surface area (Å²) < 4.78 is 7.15. The number of nitrogens with one attached hydrogen (secondary N) is 1. The monoisotopic (exact) mass is 195 g/mol. The molecule has 0 bridgehead atoms. The second kappa shape index (κ2) is 4.46. The molecule has 0 aliphatic carbocycles. The lowest BCUT2D eigenvalue weighted by atomic mass is 10.1. The number of aromatic nitrogens is 2. The Morgan fingerprint density at radius 3 is 3.21 bits per heavy atom. The Kier molecular flexibility index (Phi) is 3.03. The molecule has 1 fully saturated rings. The number of hydrogen-bond acceptors (Lipinski definition) is 3. The highest BCUT2D eigenvalue weighted by Crippen LogP contribution is 2.21. The molecule has 4 heteroatoms. The normalized spacial score (nSPS) is 23.1. The number of ether oxygens (including phenoxy) is 1. The van der Waals surface area contributed by atoms with Crippen molar-refractivity contribution in [2.45, 2.75) is 25.3 Å². The van der Waals surface area contributed by atoms with Crippen molar-refractivity contribution in [2.75, 3.05) is 20.2 Å². The van der Waals surface area contributed by atoms with E-state index in [2.05, 4.69) is 10.4 Å². The van der Waals surface area contributed by atoms with Gasteiger partial charge in [-0.1, -0.05) is 0 Å². The summed E-state index contributed by atoms with van der Waals surface area (Å²) in [6.07, 6.45) is 7.35. The van der Waals surface area contributed by atoms with Crippen molar-refractivity contribution < 1.29 is 4.74 Å². The van der Waals surface area contributed by atoms with Crippen molar-refractivity contribution in [3.63, 3.8) is 0 Å². The lowest BCUT2D eigenvalue weighted by Crippen LogP contribution is -2.15. The van der Waals surface area contributed by atoms with Crippen LogP contribution in [-0.2, 0) is 0 Å². The van der Waals surface area contributed by atoms with E-state index in [-0.39, 0.29) is 0 Å². The van der Waals surface area contributed by atoms with E-state index in [1.165, 1.54) is 12.8 Å². The number of hydrogen-bond donors (Lipinski definition) is 1. The van der Waals surface area contributed by atoms with Crippen molar-refractivity contribution >= 4 is 0 Å². The molecule has 1 aliphatic heterocycles. The summed E-state index contributed by atoms with van der Waals surface area (Å²) in [6, 6.07) is 0.536. The standard InChI is InChI=1S/C10H17N3O/c1-14-10-7-12-13(8-10)9-3-2-5-11-6-4-9/h7-9,11H,2-6H2,1H3. The van der Waals surface area contributed by atoms with E-state index >= 15 is 0 Å². The third-order valence-corrected chi connectivity index (χ3v) is 2.73. The van der Waals surface area contributed by atoms with Gasteiger partial charge in [0.2, 0.25) is 0 Å². The minimum absolute atomic E-state index is 0.536. The van der Waals surface area contributed by atoms with Crippen molar-refractivity contribution in [3.05, 3.63) is 12.4 Å². The largest absolute Gasteiger partial charge is 0.493 e. The Labute approximate surface area is 84.3 Å². The van der Waals surface area contributed by atoms with Gasteiger partial charge in [0, 0.05) is 0 Å². The van der Waals surface area contributed by atoms with E-state index in [0.29, 0.717) is 6.04 Å². The van der Waals surface area contributed by atoms with Crippen LogP contribution in [0.15, 0.2) is 12.4 Å². The Balaban J connectivity index is 2.04. The first-order valence-corrected chi connectivity index (χ1v) is 5.19. The highest BCUT2D eigenvalue weighted by Gasteiger charge is 2.14. The molecule has 0 spiro atoms. The van der Waals surface area contributed by atoms with Gasteiger partial charge in [0.1, 0.15) is 0 Å². The fraction of sp³-hybridized carbons (Fsp3) is 0.700. The van der Waals surface area contributed by atoms with E-state index in [1.807, 2.05) is 10.9 Å². The van der Waals surface area contributed by atoms with Crippen molar-refractivity contribution in [2.24, 2.45) is 0 Å². The maximum atomic E-state index is 5.12. The summed E-state index contributed by atoms with van der Waals surface area (Å²) in [7, 11) is 1.68. The highest BCUT2D eigenvalue weighted by atomic mass is 16.5. The van der Waals surface area contributed by atoms with E-state index in [1.54, 1.807) is 13.3 Å². The third kappa shape index (κ3) is 2.07. The molecule has 0 saturated carbocycles. The van der Waals surface area contributed by atoms with Gasteiger partial charge < -0.3 is 10.1 Å². The zero-order valence-corrected chi connectivity index (χ0v) is 8.57. The SMILES string of the molecule is COc1cnn(C2CCCNCC2)c1. The Morgan fingerprint density at radius 1 is 1.50 bits per heavy atom. The summed E-state index contributed by atoms with van der Waals surface area (Å²) in [5, 5.41) is 7.71. The van der Waals surface area contributed by atoms with E-state index in [9.17, 15) is 0 Å². The van der Waals surface area contributed by atoms with Crippen LogP contribution >= 0.6 is 0 Å². The lowest BCUT2D eigenvalue weighted by Gasteiger charge is -2.13. The smallest absolute Gasteiger partial charge is 0.156 e. The molecular formula is C10H17N3O. The fourth-order valence-corrected chi connectivity index (χ4v) is 1.89. The summed E-state index contributed by atoms with van der Waals surface area (Å²) in [5.74, 6) is 0.849. The molecule has 14 heavy (non-hydrogen) atoms. The number of rotatable bonds is 2. The Morgan fingerprint density at radius 2 is 2.43 bits per heavy atom. The molecule has 1 atom stereocenters. The van der Waals surface area contributed by atoms with Crippen LogP contribution in [-0.4, -0.2) is 30.0 Å². The number of methoxy groups -OCH3 is 1. The zero-order chi connectivity index (χ0) is 9.80. The van der Waals surface area contributed by atoms with Gasteiger partial charge in [-0.2, -0.15) is 5.10 Å². The van der Waals surface area contributed by atoms with Crippen LogP contribution < -0.4 is 10.1 Å². The molecule has 1 N–H and O–H groups in total. The Bertz CT molecular complexity index is 277. The van der Waals surface area contributed by atoms with Crippen molar-refractivity contribution in [3.8, 4) is 5.75 Å². The minimum Gasteiger partial charge on any atom is -0.493 e. The average Bonchev–Trinajstić information content (AvgIpc) is 2.53. The molecule has 78 valence electrons. The second-order valence-electron chi connectivity index (χ2n) is 3.69. The molecule has 1 aromatic heterocycles. The van der Waals surface area contributed by atoms with Crippen LogP contribution in [0.5, 0.6) is 5.75 Å². The van der Waals surface area contributed by atoms with Crippen LogP contribution in [0, 0.1) is 0 Å². The zero-order valence-electron chi connectivity index (χ0n) is 8.57. The van der Waals surface area contributed by atoms with E-state index < -0.39 is 0 Å². The van der Waals surface area contributed by atoms with Gasteiger partial charge in [0.15, 0.2) is 5.75 Å². The second-order valence-corrected chi connectivity index (χ2v) is 3.69. The maximum Gasteiger partial charge on any atom is 0.156 e. The predicted molar refractivity (Wildman–Crippen MR) is 54.5 cm³/mol.